The van der Waals surface area contributed by atoms with Gasteiger partial charge in [-0.3, -0.25) is 9.59 Å². The molecule has 118 valence electrons. The van der Waals surface area contributed by atoms with Gasteiger partial charge in [0.05, 0.1) is 24.4 Å². The molecular formula is C14H17N3O4S. The van der Waals surface area contributed by atoms with Gasteiger partial charge in [-0.2, -0.15) is 0 Å². The van der Waals surface area contributed by atoms with Crippen molar-refractivity contribution in [3.8, 4) is 5.75 Å². The average molecular weight is 323 g/mol. The largest absolute Gasteiger partial charge is 0.508 e. The van der Waals surface area contributed by atoms with E-state index in [2.05, 4.69) is 9.97 Å². The van der Waals surface area contributed by atoms with E-state index in [4.69, 9.17) is 4.74 Å². The summed E-state index contributed by atoms with van der Waals surface area (Å²) in [6.07, 6.45) is 0. The van der Waals surface area contributed by atoms with Crippen LogP contribution in [0.2, 0.25) is 0 Å². The second kappa shape index (κ2) is 7.19. The molecule has 0 aliphatic carbocycles. The van der Waals surface area contributed by atoms with Gasteiger partial charge in [0.2, 0.25) is 0 Å². The van der Waals surface area contributed by atoms with Gasteiger partial charge in [0.1, 0.15) is 11.4 Å². The first-order valence-electron chi connectivity index (χ1n) is 6.61. The van der Waals surface area contributed by atoms with Gasteiger partial charge in [-0.05, 0) is 6.92 Å². The van der Waals surface area contributed by atoms with E-state index in [-0.39, 0.29) is 17.4 Å². The molecule has 2 heterocycles. The summed E-state index contributed by atoms with van der Waals surface area (Å²) in [5.41, 5.74) is 2.11. The molecule has 0 atom stereocenters. The van der Waals surface area contributed by atoms with Crippen molar-refractivity contribution in [3.05, 3.63) is 44.3 Å². The van der Waals surface area contributed by atoms with Crippen molar-refractivity contribution >= 4 is 17.2 Å². The highest BCUT2D eigenvalue weighted by atomic mass is 32.1. The lowest BCUT2D eigenvalue weighted by atomic mass is 10.2. The fourth-order valence-corrected chi connectivity index (χ4v) is 2.71. The Hall–Kier alpha value is -2.19. The number of aromatic nitrogens is 2. The standard InChI is InChI=1S/C14H17N3O4S/c1-9-12(22-8-15-9)7-17(3-4-21-2)14(20)11-5-10(18)6-13(19)16-11/h5-6,8H,3-4,7H2,1-2H3,(H2,16,18,19). The van der Waals surface area contributed by atoms with Crippen LogP contribution >= 0.6 is 11.3 Å². The number of H-pyrrole nitrogens is 1. The predicted molar refractivity (Wildman–Crippen MR) is 82.2 cm³/mol. The molecule has 0 aliphatic rings. The zero-order chi connectivity index (χ0) is 16.1. The summed E-state index contributed by atoms with van der Waals surface area (Å²) < 4.78 is 5.03. The highest BCUT2D eigenvalue weighted by Crippen LogP contribution is 2.17. The third-order valence-electron chi connectivity index (χ3n) is 3.09. The van der Waals surface area contributed by atoms with Crippen LogP contribution in [0.5, 0.6) is 5.75 Å². The Morgan fingerprint density at radius 1 is 1.50 bits per heavy atom. The van der Waals surface area contributed by atoms with Gasteiger partial charge in [0, 0.05) is 30.7 Å². The van der Waals surface area contributed by atoms with Gasteiger partial charge >= 0.3 is 0 Å². The van der Waals surface area contributed by atoms with Crippen LogP contribution in [-0.2, 0) is 11.3 Å². The predicted octanol–water partition coefficient (Wildman–Crippen LogP) is 1.13. The first-order chi connectivity index (χ1) is 10.5. The average Bonchev–Trinajstić information content (AvgIpc) is 2.87. The summed E-state index contributed by atoms with van der Waals surface area (Å²) in [6.45, 7) is 2.98. The molecule has 0 unspecified atom stereocenters. The highest BCUT2D eigenvalue weighted by molar-refractivity contribution is 7.09. The maximum absolute atomic E-state index is 12.6. The fourth-order valence-electron chi connectivity index (χ4n) is 1.92. The van der Waals surface area contributed by atoms with Crippen LogP contribution in [0.25, 0.3) is 0 Å². The van der Waals surface area contributed by atoms with E-state index in [9.17, 15) is 14.7 Å². The van der Waals surface area contributed by atoms with E-state index in [1.54, 1.807) is 17.5 Å². The molecule has 0 saturated heterocycles. The van der Waals surface area contributed by atoms with E-state index < -0.39 is 5.56 Å². The number of carbonyl (C=O) groups excluding carboxylic acids is 1. The number of thiazole rings is 1. The number of hydrogen-bond acceptors (Lipinski definition) is 6. The first kappa shape index (κ1) is 16.2. The number of aryl methyl sites for hydroxylation is 1. The topological polar surface area (TPSA) is 95.5 Å². The molecule has 0 bridgehead atoms. The highest BCUT2D eigenvalue weighted by Gasteiger charge is 2.19. The third-order valence-corrected chi connectivity index (χ3v) is 4.01. The molecule has 8 heteroatoms. The quantitative estimate of drug-likeness (QED) is 0.831. The fraction of sp³-hybridized carbons (Fsp3) is 0.357. The zero-order valence-electron chi connectivity index (χ0n) is 12.3. The summed E-state index contributed by atoms with van der Waals surface area (Å²) in [5, 5.41) is 9.48. The van der Waals surface area contributed by atoms with Crippen molar-refractivity contribution in [2.75, 3.05) is 20.3 Å². The van der Waals surface area contributed by atoms with E-state index in [0.717, 1.165) is 16.6 Å². The van der Waals surface area contributed by atoms with Gasteiger partial charge in [0.25, 0.3) is 11.5 Å². The van der Waals surface area contributed by atoms with E-state index >= 15 is 0 Å². The number of amides is 1. The second-order valence-corrected chi connectivity index (χ2v) is 5.64. The van der Waals surface area contributed by atoms with Crippen LogP contribution in [0.15, 0.2) is 22.4 Å². The number of nitrogens with zero attached hydrogens (tertiary/aromatic N) is 2. The lowest BCUT2D eigenvalue weighted by Crippen LogP contribution is -2.34. The first-order valence-corrected chi connectivity index (χ1v) is 7.49. The zero-order valence-corrected chi connectivity index (χ0v) is 13.1. The van der Waals surface area contributed by atoms with Crippen LogP contribution in [-0.4, -0.2) is 46.1 Å². The number of pyridine rings is 1. The van der Waals surface area contributed by atoms with Crippen molar-refractivity contribution in [2.24, 2.45) is 0 Å². The molecule has 0 spiro atoms. The van der Waals surface area contributed by atoms with Crippen LogP contribution in [0.3, 0.4) is 0 Å². The van der Waals surface area contributed by atoms with Gasteiger partial charge in [0.15, 0.2) is 0 Å². The van der Waals surface area contributed by atoms with Crippen LogP contribution in [0.4, 0.5) is 0 Å². The lowest BCUT2D eigenvalue weighted by Gasteiger charge is -2.22. The van der Waals surface area contributed by atoms with Gasteiger partial charge in [-0.15, -0.1) is 11.3 Å². The molecule has 2 N–H and O–H groups in total. The number of rotatable bonds is 6. The molecule has 7 nitrogen and oxygen atoms in total. The van der Waals surface area contributed by atoms with Crippen molar-refractivity contribution in [2.45, 2.75) is 13.5 Å². The van der Waals surface area contributed by atoms with Crippen LogP contribution in [0.1, 0.15) is 21.1 Å². The number of aromatic amines is 1. The van der Waals surface area contributed by atoms with Crippen molar-refractivity contribution in [1.82, 2.24) is 14.9 Å². The minimum absolute atomic E-state index is 0.0447. The Balaban J connectivity index is 2.25. The Kier molecular flexibility index (Phi) is 5.29. The van der Waals surface area contributed by atoms with Crippen molar-refractivity contribution < 1.29 is 14.6 Å². The Bertz CT molecular complexity index is 710. The van der Waals surface area contributed by atoms with Crippen LogP contribution < -0.4 is 5.56 Å². The number of methoxy groups -OCH3 is 1. The Morgan fingerprint density at radius 3 is 2.86 bits per heavy atom. The molecule has 0 saturated carbocycles. The molecule has 0 radical (unpaired) electrons. The Morgan fingerprint density at radius 2 is 2.27 bits per heavy atom. The van der Waals surface area contributed by atoms with Gasteiger partial charge < -0.3 is 19.7 Å². The number of nitrogens with one attached hydrogen (secondary N) is 1. The monoisotopic (exact) mass is 323 g/mol. The number of carbonyl (C=O) groups is 1. The summed E-state index contributed by atoms with van der Waals surface area (Å²) in [7, 11) is 1.55. The van der Waals surface area contributed by atoms with Gasteiger partial charge in [-0.25, -0.2) is 4.98 Å². The molecule has 0 aromatic carbocycles. The van der Waals surface area contributed by atoms with E-state index in [1.807, 2.05) is 6.92 Å². The van der Waals surface area contributed by atoms with Crippen molar-refractivity contribution in [3.63, 3.8) is 0 Å². The number of ether oxygens (including phenoxy) is 1. The minimum Gasteiger partial charge on any atom is -0.508 e. The van der Waals surface area contributed by atoms with Gasteiger partial charge in [-0.1, -0.05) is 0 Å². The molecule has 2 aromatic heterocycles. The SMILES string of the molecule is COCCN(Cc1scnc1C)C(=O)c1cc(O)cc(=O)[nH]1. The van der Waals surface area contributed by atoms with E-state index in [1.165, 1.54) is 17.4 Å². The maximum Gasteiger partial charge on any atom is 0.270 e. The smallest absolute Gasteiger partial charge is 0.270 e. The Labute approximate surface area is 131 Å². The van der Waals surface area contributed by atoms with Crippen LogP contribution in [0, 0.1) is 6.92 Å². The normalized spacial score (nSPS) is 10.6. The molecule has 0 fully saturated rings. The molecular weight excluding hydrogens is 306 g/mol. The summed E-state index contributed by atoms with van der Waals surface area (Å²) in [6, 6.07) is 2.26. The molecule has 2 rings (SSSR count). The van der Waals surface area contributed by atoms with E-state index in [0.29, 0.717) is 19.7 Å². The minimum atomic E-state index is -0.524. The summed E-state index contributed by atoms with van der Waals surface area (Å²) in [5.74, 6) is -0.620. The van der Waals surface area contributed by atoms with Crippen molar-refractivity contribution in [1.29, 1.82) is 0 Å². The number of aromatic hydroxyl groups is 1. The third kappa shape index (κ3) is 3.92. The number of hydrogen-bond donors (Lipinski definition) is 2. The molecule has 1 amide bonds. The molecule has 22 heavy (non-hydrogen) atoms. The maximum atomic E-state index is 12.6. The summed E-state index contributed by atoms with van der Waals surface area (Å²) >= 11 is 1.46. The molecule has 0 aliphatic heterocycles. The summed E-state index contributed by atoms with van der Waals surface area (Å²) in [4.78, 5) is 33.1. The lowest BCUT2D eigenvalue weighted by molar-refractivity contribution is 0.0675. The molecule has 2 aromatic rings. The second-order valence-electron chi connectivity index (χ2n) is 4.70.